The van der Waals surface area contributed by atoms with Crippen LogP contribution in [-0.4, -0.2) is 16.6 Å². The van der Waals surface area contributed by atoms with Crippen molar-refractivity contribution in [3.63, 3.8) is 0 Å². The maximum absolute atomic E-state index is 5.56. The second-order valence-corrected chi connectivity index (χ2v) is 7.77. The lowest BCUT2D eigenvalue weighted by Crippen LogP contribution is -1.96. The van der Waals surface area contributed by atoms with E-state index in [1.807, 2.05) is 19.1 Å². The Balaban J connectivity index is 1.70. The molecular formula is C23H23N3OS. The molecule has 0 saturated carbocycles. The third-order valence-electron chi connectivity index (χ3n) is 4.69. The Morgan fingerprint density at radius 1 is 1.00 bits per heavy atom. The molecule has 5 heteroatoms. The van der Waals surface area contributed by atoms with Crippen molar-refractivity contribution in [1.29, 1.82) is 0 Å². The zero-order valence-corrected chi connectivity index (χ0v) is 17.1. The Morgan fingerprint density at radius 3 is 2.43 bits per heavy atom. The van der Waals surface area contributed by atoms with Crippen molar-refractivity contribution in [3.05, 3.63) is 65.8 Å². The van der Waals surface area contributed by atoms with E-state index in [0.29, 0.717) is 12.5 Å². The Hall–Kier alpha value is -2.92. The number of hydrogen-bond donors (Lipinski definition) is 1. The van der Waals surface area contributed by atoms with E-state index in [2.05, 4.69) is 70.9 Å². The van der Waals surface area contributed by atoms with Crippen molar-refractivity contribution in [3.8, 4) is 16.9 Å². The number of ether oxygens (including phenoxy) is 1. The Labute approximate surface area is 169 Å². The highest BCUT2D eigenvalue weighted by Crippen LogP contribution is 2.38. The van der Waals surface area contributed by atoms with Crippen LogP contribution in [0.5, 0.6) is 5.75 Å². The van der Waals surface area contributed by atoms with Crippen molar-refractivity contribution < 1.29 is 4.74 Å². The zero-order valence-electron chi connectivity index (χ0n) is 16.3. The van der Waals surface area contributed by atoms with Gasteiger partial charge in [0.15, 0.2) is 0 Å². The standard InChI is InChI=1S/C23H23N3OS/c1-4-27-19-11-7-17(8-12-19)20-13-28-23-21(20)22(24-14-25-23)26-18-9-5-16(6-10-18)15(2)3/h5-15H,4H2,1-3H3,(H,24,25,26). The smallest absolute Gasteiger partial charge is 0.143 e. The molecule has 142 valence electrons. The van der Waals surface area contributed by atoms with Gasteiger partial charge < -0.3 is 10.1 Å². The number of hydrogen-bond acceptors (Lipinski definition) is 5. The van der Waals surface area contributed by atoms with Gasteiger partial charge in [0.1, 0.15) is 22.7 Å². The van der Waals surface area contributed by atoms with E-state index in [9.17, 15) is 0 Å². The van der Waals surface area contributed by atoms with Gasteiger partial charge in [-0.1, -0.05) is 38.1 Å². The molecule has 0 unspecified atom stereocenters. The van der Waals surface area contributed by atoms with Crippen LogP contribution >= 0.6 is 11.3 Å². The minimum atomic E-state index is 0.517. The first-order valence-electron chi connectivity index (χ1n) is 9.48. The summed E-state index contributed by atoms with van der Waals surface area (Å²) in [6, 6.07) is 16.7. The zero-order chi connectivity index (χ0) is 19.5. The molecule has 0 atom stereocenters. The van der Waals surface area contributed by atoms with Crippen LogP contribution in [-0.2, 0) is 0 Å². The molecule has 2 aromatic heterocycles. The number of nitrogens with zero attached hydrogens (tertiary/aromatic N) is 2. The van der Waals surface area contributed by atoms with E-state index >= 15 is 0 Å². The summed E-state index contributed by atoms with van der Waals surface area (Å²) in [5.41, 5.74) is 4.60. The van der Waals surface area contributed by atoms with Crippen molar-refractivity contribution in [2.45, 2.75) is 26.7 Å². The van der Waals surface area contributed by atoms with Gasteiger partial charge in [0.2, 0.25) is 0 Å². The van der Waals surface area contributed by atoms with Gasteiger partial charge in [-0.05, 0) is 48.2 Å². The molecule has 0 spiro atoms. The van der Waals surface area contributed by atoms with Crippen molar-refractivity contribution in [2.24, 2.45) is 0 Å². The molecule has 2 aromatic carbocycles. The topological polar surface area (TPSA) is 47.0 Å². The second-order valence-electron chi connectivity index (χ2n) is 6.91. The molecule has 0 aliphatic rings. The number of aromatic nitrogens is 2. The monoisotopic (exact) mass is 389 g/mol. The van der Waals surface area contributed by atoms with E-state index in [1.165, 1.54) is 5.56 Å². The Kier molecular flexibility index (Phi) is 5.26. The SMILES string of the molecule is CCOc1ccc(-c2csc3ncnc(Nc4ccc(C(C)C)cc4)c23)cc1. The summed E-state index contributed by atoms with van der Waals surface area (Å²) in [6.07, 6.45) is 1.62. The van der Waals surface area contributed by atoms with Crippen molar-refractivity contribution in [1.82, 2.24) is 9.97 Å². The molecule has 4 aromatic rings. The first-order valence-corrected chi connectivity index (χ1v) is 10.4. The van der Waals surface area contributed by atoms with Crippen LogP contribution in [0.15, 0.2) is 60.2 Å². The average Bonchev–Trinajstić information content (AvgIpc) is 3.14. The summed E-state index contributed by atoms with van der Waals surface area (Å²) in [6.45, 7) is 7.05. The number of thiophene rings is 1. The van der Waals surface area contributed by atoms with Crippen LogP contribution < -0.4 is 10.1 Å². The highest BCUT2D eigenvalue weighted by molar-refractivity contribution is 7.17. The van der Waals surface area contributed by atoms with E-state index in [4.69, 9.17) is 4.74 Å². The van der Waals surface area contributed by atoms with Crippen LogP contribution in [0.25, 0.3) is 21.3 Å². The molecule has 4 rings (SSSR count). The molecule has 1 N–H and O–H groups in total. The minimum Gasteiger partial charge on any atom is -0.494 e. The first kappa shape index (κ1) is 18.4. The summed E-state index contributed by atoms with van der Waals surface area (Å²) >= 11 is 1.63. The van der Waals surface area contributed by atoms with E-state index in [1.54, 1.807) is 17.7 Å². The molecule has 4 nitrogen and oxygen atoms in total. The molecule has 0 radical (unpaired) electrons. The number of benzene rings is 2. The van der Waals surface area contributed by atoms with Crippen LogP contribution in [0.2, 0.25) is 0 Å². The number of anilines is 2. The third kappa shape index (κ3) is 3.71. The third-order valence-corrected chi connectivity index (χ3v) is 5.57. The van der Waals surface area contributed by atoms with Gasteiger partial charge in [-0.3, -0.25) is 0 Å². The Bertz CT molecular complexity index is 1070. The van der Waals surface area contributed by atoms with Gasteiger partial charge in [0.25, 0.3) is 0 Å². The maximum Gasteiger partial charge on any atom is 0.143 e. The lowest BCUT2D eigenvalue weighted by Gasteiger charge is -2.11. The predicted molar refractivity (Wildman–Crippen MR) is 118 cm³/mol. The molecule has 0 bridgehead atoms. The van der Waals surface area contributed by atoms with Gasteiger partial charge in [0.05, 0.1) is 12.0 Å². The highest BCUT2D eigenvalue weighted by Gasteiger charge is 2.13. The van der Waals surface area contributed by atoms with E-state index < -0.39 is 0 Å². The summed E-state index contributed by atoms with van der Waals surface area (Å²) in [5.74, 6) is 2.22. The molecule has 0 aliphatic carbocycles. The van der Waals surface area contributed by atoms with Gasteiger partial charge >= 0.3 is 0 Å². The fraction of sp³-hybridized carbons (Fsp3) is 0.217. The lowest BCUT2D eigenvalue weighted by molar-refractivity contribution is 0.340. The molecule has 0 fully saturated rings. The normalized spacial score (nSPS) is 11.1. The number of nitrogens with one attached hydrogen (secondary N) is 1. The fourth-order valence-corrected chi connectivity index (χ4v) is 4.08. The van der Waals surface area contributed by atoms with Crippen LogP contribution in [0.4, 0.5) is 11.5 Å². The molecular weight excluding hydrogens is 366 g/mol. The molecule has 2 heterocycles. The van der Waals surface area contributed by atoms with Gasteiger partial charge in [-0.2, -0.15) is 0 Å². The molecule has 0 aliphatic heterocycles. The predicted octanol–water partition coefficient (Wildman–Crippen LogP) is 6.62. The van der Waals surface area contributed by atoms with Gasteiger partial charge in [-0.15, -0.1) is 11.3 Å². The molecule has 0 amide bonds. The maximum atomic E-state index is 5.56. The number of fused-ring (bicyclic) bond motifs is 1. The van der Waals surface area contributed by atoms with Crippen LogP contribution in [0, 0.1) is 0 Å². The Morgan fingerprint density at radius 2 is 1.75 bits per heavy atom. The summed E-state index contributed by atoms with van der Waals surface area (Å²) in [4.78, 5) is 9.95. The molecule has 0 saturated heterocycles. The summed E-state index contributed by atoms with van der Waals surface area (Å²) < 4.78 is 5.56. The average molecular weight is 390 g/mol. The van der Waals surface area contributed by atoms with Crippen molar-refractivity contribution in [2.75, 3.05) is 11.9 Å². The minimum absolute atomic E-state index is 0.517. The first-order chi connectivity index (χ1) is 13.7. The van der Waals surface area contributed by atoms with E-state index in [-0.39, 0.29) is 0 Å². The largest absolute Gasteiger partial charge is 0.494 e. The van der Waals surface area contributed by atoms with Gasteiger partial charge in [-0.25, -0.2) is 9.97 Å². The molecule has 28 heavy (non-hydrogen) atoms. The van der Waals surface area contributed by atoms with E-state index in [0.717, 1.165) is 38.6 Å². The fourth-order valence-electron chi connectivity index (χ4n) is 3.17. The van der Waals surface area contributed by atoms with Crippen LogP contribution in [0.3, 0.4) is 0 Å². The van der Waals surface area contributed by atoms with Crippen molar-refractivity contribution >= 4 is 33.1 Å². The summed E-state index contributed by atoms with van der Waals surface area (Å²) in [5, 5.41) is 6.66. The lowest BCUT2D eigenvalue weighted by atomic mass is 10.0. The van der Waals surface area contributed by atoms with Gasteiger partial charge in [0, 0.05) is 16.6 Å². The number of rotatable bonds is 6. The quantitative estimate of drug-likeness (QED) is 0.402. The second kappa shape index (κ2) is 7.98. The summed E-state index contributed by atoms with van der Waals surface area (Å²) in [7, 11) is 0. The van der Waals surface area contributed by atoms with Crippen LogP contribution in [0.1, 0.15) is 32.3 Å². The highest BCUT2D eigenvalue weighted by atomic mass is 32.1.